The van der Waals surface area contributed by atoms with E-state index in [9.17, 15) is 28.2 Å². The third kappa shape index (κ3) is 41.3. The summed E-state index contributed by atoms with van der Waals surface area (Å²) in [6.45, 7) is 2.24. The Bertz CT molecular complexity index is 443. The van der Waals surface area contributed by atoms with Gasteiger partial charge in [0.05, 0.1) is 5.75 Å². The van der Waals surface area contributed by atoms with Crippen molar-refractivity contribution >= 4 is 22.1 Å². The summed E-state index contributed by atoms with van der Waals surface area (Å²) < 4.78 is 29.5. The summed E-state index contributed by atoms with van der Waals surface area (Å²) in [7, 11) is -3.74. The van der Waals surface area contributed by atoms with Crippen molar-refractivity contribution < 1.29 is 91.9 Å². The maximum Gasteiger partial charge on any atom is 1.00 e. The quantitative estimate of drug-likeness (QED) is 0.146. The monoisotopic (exact) mass is 440 g/mol. The second kappa shape index (κ2) is 25.9. The molecule has 0 atom stereocenters. The first-order valence-electron chi connectivity index (χ1n) is 9.54. The molecule has 0 aliphatic heterocycles. The van der Waals surface area contributed by atoms with Crippen molar-refractivity contribution in [3.05, 3.63) is 0 Å². The van der Waals surface area contributed by atoms with E-state index in [-0.39, 0.29) is 64.9 Å². The van der Waals surface area contributed by atoms with Gasteiger partial charge in [0.25, 0.3) is 10.1 Å². The van der Waals surface area contributed by atoms with Gasteiger partial charge in [-0.3, -0.25) is 4.55 Å². The molecular weight excluding hydrogens is 406 g/mol. The molecule has 7 nitrogen and oxygen atoms in total. The van der Waals surface area contributed by atoms with Gasteiger partial charge in [0, 0.05) is 11.9 Å². The zero-order chi connectivity index (χ0) is 20.3. The molecule has 156 valence electrons. The van der Waals surface area contributed by atoms with Crippen LogP contribution < -0.4 is 69.3 Å². The molecule has 28 heavy (non-hydrogen) atoms. The van der Waals surface area contributed by atoms with Crippen molar-refractivity contribution in [1.82, 2.24) is 0 Å². The van der Waals surface area contributed by atoms with Crippen molar-refractivity contribution in [2.75, 3.05) is 5.75 Å². The number of hydrogen-bond acceptors (Lipinski definition) is 6. The van der Waals surface area contributed by atoms with Gasteiger partial charge in [-0.05, 0) is 19.3 Å². The van der Waals surface area contributed by atoms with Crippen LogP contribution in [0.4, 0.5) is 0 Å². The van der Waals surface area contributed by atoms with Gasteiger partial charge in [0.2, 0.25) is 0 Å². The predicted molar refractivity (Wildman–Crippen MR) is 96.7 cm³/mol. The zero-order valence-electron chi connectivity index (χ0n) is 17.9. The largest absolute Gasteiger partial charge is 1.00 e. The molecular formula is C18H34Na2O7S. The average molecular weight is 441 g/mol. The number of carboxylic acid groups (broad SMARTS) is 2. The maximum atomic E-state index is 10.5. The third-order valence-corrected chi connectivity index (χ3v) is 4.59. The molecule has 0 aromatic carbocycles. The van der Waals surface area contributed by atoms with Gasteiger partial charge in [-0.2, -0.15) is 8.42 Å². The smallest absolute Gasteiger partial charge is 0.550 e. The summed E-state index contributed by atoms with van der Waals surface area (Å²) >= 11 is 0. The minimum Gasteiger partial charge on any atom is -0.550 e. The van der Waals surface area contributed by atoms with E-state index in [1.165, 1.54) is 57.8 Å². The van der Waals surface area contributed by atoms with Crippen LogP contribution in [0.1, 0.15) is 96.8 Å². The number of carbonyl (C=O) groups excluding carboxylic acids is 2. The number of unbranched alkanes of at least 4 members (excludes halogenated alkanes) is 11. The summed E-state index contributed by atoms with van der Waals surface area (Å²) in [6.07, 6.45) is 13.6. The van der Waals surface area contributed by atoms with Gasteiger partial charge in [-0.1, -0.05) is 77.6 Å². The minimum atomic E-state index is -3.74. The van der Waals surface area contributed by atoms with Crippen LogP contribution in [0.2, 0.25) is 0 Å². The molecule has 0 fully saturated rings. The molecule has 0 spiro atoms. The van der Waals surface area contributed by atoms with E-state index in [2.05, 4.69) is 6.92 Å². The normalized spacial score (nSPS) is 10.1. The van der Waals surface area contributed by atoms with E-state index < -0.39 is 34.9 Å². The van der Waals surface area contributed by atoms with E-state index in [0.29, 0.717) is 6.42 Å². The fourth-order valence-corrected chi connectivity index (χ4v) is 2.90. The van der Waals surface area contributed by atoms with E-state index >= 15 is 0 Å². The molecule has 0 saturated heterocycles. The van der Waals surface area contributed by atoms with Crippen molar-refractivity contribution in [3.63, 3.8) is 0 Å². The van der Waals surface area contributed by atoms with Gasteiger partial charge in [-0.25, -0.2) is 0 Å². The standard InChI is InChI=1S/C14H30O3S.C4H6O4.2Na/c1-2-3-4-5-6-7-8-9-10-11-12-13-14-18(15,16)17;5-3(6)1-2-4(7)8;;/h2-14H2,1H3,(H,15,16,17);1-2H2,(H,5,6)(H,7,8);;/q;;2*+1/p-2. The Morgan fingerprint density at radius 3 is 1.21 bits per heavy atom. The summed E-state index contributed by atoms with van der Waals surface area (Å²) in [5.41, 5.74) is 0. The van der Waals surface area contributed by atoms with Crippen LogP contribution in [-0.2, 0) is 19.7 Å². The van der Waals surface area contributed by atoms with Crippen LogP contribution in [0.3, 0.4) is 0 Å². The van der Waals surface area contributed by atoms with Gasteiger partial charge in [0.1, 0.15) is 0 Å². The van der Waals surface area contributed by atoms with Crippen LogP contribution in [0.25, 0.3) is 0 Å². The van der Waals surface area contributed by atoms with Crippen LogP contribution >= 0.6 is 0 Å². The fraction of sp³-hybridized carbons (Fsp3) is 0.889. The third-order valence-electron chi connectivity index (χ3n) is 3.79. The molecule has 0 heterocycles. The summed E-state index contributed by atoms with van der Waals surface area (Å²) in [5, 5.41) is 19.0. The first-order valence-corrected chi connectivity index (χ1v) is 11.1. The summed E-state index contributed by atoms with van der Waals surface area (Å²) in [4.78, 5) is 19.0. The first-order chi connectivity index (χ1) is 12.2. The van der Waals surface area contributed by atoms with E-state index in [1.807, 2.05) is 0 Å². The van der Waals surface area contributed by atoms with E-state index in [0.717, 1.165) is 12.8 Å². The Balaban J connectivity index is -0.000000246. The molecule has 0 unspecified atom stereocenters. The van der Waals surface area contributed by atoms with Crippen molar-refractivity contribution in [2.45, 2.75) is 96.8 Å². The van der Waals surface area contributed by atoms with E-state index in [4.69, 9.17) is 4.55 Å². The SMILES string of the molecule is CCCCCCCCCCCCCCS(=O)(=O)O.O=C([O-])CCC(=O)[O-].[Na+].[Na+]. The topological polar surface area (TPSA) is 135 Å². The van der Waals surface area contributed by atoms with Gasteiger partial charge >= 0.3 is 59.1 Å². The second-order valence-corrected chi connectivity index (χ2v) is 7.99. The van der Waals surface area contributed by atoms with Crippen LogP contribution in [0.15, 0.2) is 0 Å². The molecule has 0 rings (SSSR count). The van der Waals surface area contributed by atoms with Crippen LogP contribution in [-0.4, -0.2) is 30.7 Å². The fourth-order valence-electron chi connectivity index (χ4n) is 2.33. The van der Waals surface area contributed by atoms with Crippen LogP contribution in [0, 0.1) is 0 Å². The zero-order valence-corrected chi connectivity index (χ0v) is 22.7. The number of rotatable bonds is 16. The number of hydrogen-bond donors (Lipinski definition) is 1. The molecule has 0 saturated carbocycles. The molecule has 10 heteroatoms. The Kier molecular flexibility index (Phi) is 33.5. The number of carboxylic acids is 2. The minimum absolute atomic E-state index is 0. The Morgan fingerprint density at radius 2 is 0.964 bits per heavy atom. The second-order valence-electron chi connectivity index (χ2n) is 6.42. The summed E-state index contributed by atoms with van der Waals surface area (Å²) in [5.74, 6) is -2.81. The van der Waals surface area contributed by atoms with E-state index in [1.54, 1.807) is 0 Å². The van der Waals surface area contributed by atoms with Gasteiger partial charge < -0.3 is 19.8 Å². The number of carbonyl (C=O) groups is 2. The molecule has 0 amide bonds. The predicted octanol–water partition coefficient (Wildman–Crippen LogP) is -4.15. The molecule has 0 bridgehead atoms. The molecule has 0 radical (unpaired) electrons. The maximum absolute atomic E-state index is 10.5. The molecule has 0 aromatic heterocycles. The van der Waals surface area contributed by atoms with Gasteiger partial charge in [-0.15, -0.1) is 0 Å². The molecule has 0 aliphatic carbocycles. The molecule has 1 N–H and O–H groups in total. The Morgan fingerprint density at radius 1 is 0.679 bits per heavy atom. The number of aliphatic carboxylic acids is 2. The van der Waals surface area contributed by atoms with Crippen molar-refractivity contribution in [3.8, 4) is 0 Å². The van der Waals surface area contributed by atoms with Crippen molar-refractivity contribution in [2.24, 2.45) is 0 Å². The van der Waals surface area contributed by atoms with Crippen LogP contribution in [0.5, 0.6) is 0 Å². The summed E-state index contributed by atoms with van der Waals surface area (Å²) in [6, 6.07) is 0. The Hall–Kier alpha value is 0.850. The Labute approximate surface area is 214 Å². The molecule has 0 aliphatic rings. The van der Waals surface area contributed by atoms with Crippen molar-refractivity contribution in [1.29, 1.82) is 0 Å². The molecule has 0 aromatic rings. The first kappa shape index (κ1) is 36.2. The average Bonchev–Trinajstić information content (AvgIpc) is 2.53. The van der Waals surface area contributed by atoms with Gasteiger partial charge in [0.15, 0.2) is 0 Å².